The monoisotopic (exact) mass is 476 g/mol. The van der Waals surface area contributed by atoms with Crippen LogP contribution in [0.15, 0.2) is 54.6 Å². The third-order valence-electron chi connectivity index (χ3n) is 7.83. The van der Waals surface area contributed by atoms with E-state index in [-0.39, 0.29) is 29.8 Å². The number of anilines is 2. The molecule has 4 rings (SSSR count). The molecule has 0 aromatic heterocycles. The molecule has 0 bridgehead atoms. The molecule has 2 aliphatic rings. The fourth-order valence-corrected chi connectivity index (χ4v) is 5.56. The Balaban J connectivity index is 1.56. The Morgan fingerprint density at radius 1 is 0.943 bits per heavy atom. The number of likely N-dealkylation sites (tertiary alicyclic amines) is 1. The summed E-state index contributed by atoms with van der Waals surface area (Å²) in [6.45, 7) is 2.58. The molecule has 1 aliphatic carbocycles. The summed E-state index contributed by atoms with van der Waals surface area (Å²) in [5, 5.41) is 6.14. The predicted octanol–water partition coefficient (Wildman–Crippen LogP) is 4.79. The van der Waals surface area contributed by atoms with Crippen molar-refractivity contribution >= 4 is 23.2 Å². The molecule has 0 radical (unpaired) electrons. The van der Waals surface area contributed by atoms with Gasteiger partial charge in [0.05, 0.1) is 12.1 Å². The number of hydrogen-bond acceptors (Lipinski definition) is 4. The van der Waals surface area contributed by atoms with Gasteiger partial charge in [-0.3, -0.25) is 9.59 Å². The Bertz CT molecular complexity index is 989. The number of para-hydroxylation sites is 1. The summed E-state index contributed by atoms with van der Waals surface area (Å²) < 4.78 is 0. The van der Waals surface area contributed by atoms with Gasteiger partial charge in [-0.1, -0.05) is 49.6 Å². The second-order valence-electron chi connectivity index (χ2n) is 10.1. The Kier molecular flexibility index (Phi) is 8.45. The molecule has 2 fully saturated rings. The second-order valence-corrected chi connectivity index (χ2v) is 10.1. The van der Waals surface area contributed by atoms with Crippen LogP contribution in [0.25, 0.3) is 0 Å². The van der Waals surface area contributed by atoms with Gasteiger partial charge in [-0.25, -0.2) is 0 Å². The number of carbonyl (C=O) groups is 2. The van der Waals surface area contributed by atoms with E-state index in [4.69, 9.17) is 0 Å². The number of amides is 2. The smallest absolute Gasteiger partial charge is 0.245 e. The van der Waals surface area contributed by atoms with Gasteiger partial charge in [-0.15, -0.1) is 0 Å². The highest BCUT2D eigenvalue weighted by Crippen LogP contribution is 2.37. The van der Waals surface area contributed by atoms with Crippen LogP contribution in [0.5, 0.6) is 0 Å². The van der Waals surface area contributed by atoms with Crippen LogP contribution in [0.2, 0.25) is 0 Å². The van der Waals surface area contributed by atoms with Gasteiger partial charge in [-0.05, 0) is 75.4 Å². The van der Waals surface area contributed by atoms with Crippen molar-refractivity contribution in [2.75, 3.05) is 25.5 Å². The van der Waals surface area contributed by atoms with E-state index in [0.29, 0.717) is 0 Å². The average molecular weight is 477 g/mol. The topological polar surface area (TPSA) is 64.7 Å². The Hall–Kier alpha value is -2.86. The van der Waals surface area contributed by atoms with E-state index in [9.17, 15) is 9.59 Å². The van der Waals surface area contributed by atoms with Gasteiger partial charge in [0.25, 0.3) is 0 Å². The van der Waals surface area contributed by atoms with E-state index in [2.05, 4.69) is 59.0 Å². The van der Waals surface area contributed by atoms with E-state index < -0.39 is 6.04 Å². The molecule has 2 aromatic carbocycles. The zero-order valence-electron chi connectivity index (χ0n) is 21.4. The van der Waals surface area contributed by atoms with Gasteiger partial charge in [0.2, 0.25) is 11.8 Å². The standard InChI is InChI=1S/C29H40N4O2/c1-21(30-2)28(34)31-27(22-12-6-4-7-13-22)29(35)33-19-11-18-26(33)23-14-10-17-25(20-23)32(3)24-15-8-5-9-16-24/h5,8-10,14-17,20-22,26-27,30H,4,6-7,11-13,18-19H2,1-3H3,(H,31,34). The normalized spacial score (nSPS) is 20.3. The van der Waals surface area contributed by atoms with E-state index >= 15 is 0 Å². The average Bonchev–Trinajstić information content (AvgIpc) is 3.41. The summed E-state index contributed by atoms with van der Waals surface area (Å²) >= 11 is 0. The van der Waals surface area contributed by atoms with Crippen LogP contribution in [-0.2, 0) is 9.59 Å². The first kappa shape index (κ1) is 25.2. The molecule has 2 amide bonds. The molecule has 1 saturated heterocycles. The van der Waals surface area contributed by atoms with Crippen molar-refractivity contribution in [3.05, 3.63) is 60.2 Å². The number of hydrogen-bond donors (Lipinski definition) is 2. The first-order valence-corrected chi connectivity index (χ1v) is 13.2. The van der Waals surface area contributed by atoms with Crippen LogP contribution < -0.4 is 15.5 Å². The highest BCUT2D eigenvalue weighted by Gasteiger charge is 2.39. The lowest BCUT2D eigenvalue weighted by atomic mass is 9.83. The quantitative estimate of drug-likeness (QED) is 0.575. The van der Waals surface area contributed by atoms with Crippen LogP contribution >= 0.6 is 0 Å². The number of benzene rings is 2. The zero-order chi connectivity index (χ0) is 24.8. The summed E-state index contributed by atoms with van der Waals surface area (Å²) in [6, 6.07) is 18.1. The van der Waals surface area contributed by atoms with E-state index in [0.717, 1.165) is 62.0 Å². The maximum atomic E-state index is 14.0. The lowest BCUT2D eigenvalue weighted by Crippen LogP contribution is -2.55. The molecular weight excluding hydrogens is 436 g/mol. The third-order valence-corrected chi connectivity index (χ3v) is 7.83. The highest BCUT2D eigenvalue weighted by molar-refractivity contribution is 5.90. The van der Waals surface area contributed by atoms with E-state index in [1.807, 2.05) is 30.0 Å². The van der Waals surface area contributed by atoms with Crippen molar-refractivity contribution in [1.29, 1.82) is 0 Å². The Morgan fingerprint density at radius 3 is 2.37 bits per heavy atom. The van der Waals surface area contributed by atoms with Crippen molar-refractivity contribution in [2.24, 2.45) is 5.92 Å². The fourth-order valence-electron chi connectivity index (χ4n) is 5.56. The van der Waals surface area contributed by atoms with Gasteiger partial charge < -0.3 is 20.4 Å². The summed E-state index contributed by atoms with van der Waals surface area (Å²) in [6.07, 6.45) is 7.40. The third kappa shape index (κ3) is 5.87. The minimum absolute atomic E-state index is 0.0383. The molecule has 3 unspecified atom stereocenters. The van der Waals surface area contributed by atoms with Gasteiger partial charge in [0.1, 0.15) is 6.04 Å². The van der Waals surface area contributed by atoms with Crippen molar-refractivity contribution < 1.29 is 9.59 Å². The van der Waals surface area contributed by atoms with Crippen LogP contribution in [0.3, 0.4) is 0 Å². The summed E-state index contributed by atoms with van der Waals surface area (Å²) in [7, 11) is 3.85. The lowest BCUT2D eigenvalue weighted by molar-refractivity contribution is -0.139. The SMILES string of the molecule is CNC(C)C(=O)NC(C(=O)N1CCCC1c1cccc(N(C)c2ccccc2)c1)C1CCCCC1. The summed E-state index contributed by atoms with van der Waals surface area (Å²) in [5.74, 6) is 0.192. The van der Waals surface area contributed by atoms with Crippen molar-refractivity contribution in [3.8, 4) is 0 Å². The van der Waals surface area contributed by atoms with Crippen molar-refractivity contribution in [1.82, 2.24) is 15.5 Å². The van der Waals surface area contributed by atoms with Crippen LogP contribution in [0, 0.1) is 5.92 Å². The minimum atomic E-state index is -0.450. The van der Waals surface area contributed by atoms with Crippen molar-refractivity contribution in [2.45, 2.75) is 70.0 Å². The molecule has 6 nitrogen and oxygen atoms in total. The van der Waals surface area contributed by atoms with Gasteiger partial charge >= 0.3 is 0 Å². The molecule has 6 heteroatoms. The maximum absolute atomic E-state index is 14.0. The van der Waals surface area contributed by atoms with Crippen LogP contribution in [0.1, 0.15) is 63.5 Å². The first-order valence-electron chi connectivity index (χ1n) is 13.2. The molecule has 1 saturated carbocycles. The number of rotatable bonds is 8. The second kappa shape index (κ2) is 11.7. The van der Waals surface area contributed by atoms with Crippen LogP contribution in [0.4, 0.5) is 11.4 Å². The van der Waals surface area contributed by atoms with Gasteiger partial charge in [-0.2, -0.15) is 0 Å². The maximum Gasteiger partial charge on any atom is 0.245 e. The van der Waals surface area contributed by atoms with E-state index in [1.54, 1.807) is 7.05 Å². The summed E-state index contributed by atoms with van der Waals surface area (Å²) in [5.41, 5.74) is 3.39. The highest BCUT2D eigenvalue weighted by atomic mass is 16.2. The molecule has 1 heterocycles. The molecule has 3 atom stereocenters. The summed E-state index contributed by atoms with van der Waals surface area (Å²) in [4.78, 5) is 31.0. The first-order chi connectivity index (χ1) is 17.0. The molecule has 1 aliphatic heterocycles. The lowest BCUT2D eigenvalue weighted by Gasteiger charge is -2.35. The minimum Gasteiger partial charge on any atom is -0.345 e. The Morgan fingerprint density at radius 2 is 1.66 bits per heavy atom. The van der Waals surface area contributed by atoms with Gasteiger partial charge in [0.15, 0.2) is 0 Å². The Labute approximate surface area is 210 Å². The molecule has 2 N–H and O–H groups in total. The van der Waals surface area contributed by atoms with Gasteiger partial charge in [0, 0.05) is 25.0 Å². The van der Waals surface area contributed by atoms with Crippen LogP contribution in [-0.4, -0.2) is 49.4 Å². The number of likely N-dealkylation sites (N-methyl/N-ethyl adjacent to an activating group) is 1. The number of nitrogens with one attached hydrogen (secondary N) is 2. The largest absolute Gasteiger partial charge is 0.345 e. The van der Waals surface area contributed by atoms with Crippen molar-refractivity contribution in [3.63, 3.8) is 0 Å². The molecular formula is C29H40N4O2. The molecule has 2 aromatic rings. The van der Waals surface area contributed by atoms with E-state index in [1.165, 1.54) is 6.42 Å². The fraction of sp³-hybridized carbons (Fsp3) is 0.517. The molecule has 0 spiro atoms. The number of nitrogens with zero attached hydrogens (tertiary/aromatic N) is 2. The number of carbonyl (C=O) groups excluding carboxylic acids is 2. The predicted molar refractivity (Wildman–Crippen MR) is 142 cm³/mol. The molecule has 35 heavy (non-hydrogen) atoms. The zero-order valence-corrected chi connectivity index (χ0v) is 21.4. The molecule has 188 valence electrons.